The molecule has 0 radical (unpaired) electrons. The van der Waals surface area contributed by atoms with Gasteiger partial charge in [-0.25, -0.2) is 0 Å². The first-order valence-corrected chi connectivity index (χ1v) is 14.5. The van der Waals surface area contributed by atoms with E-state index in [0.29, 0.717) is 36.5 Å². The van der Waals surface area contributed by atoms with Crippen molar-refractivity contribution in [1.29, 1.82) is 0 Å². The molecule has 218 valence electrons. The van der Waals surface area contributed by atoms with Crippen molar-refractivity contribution in [2.24, 2.45) is 5.92 Å². The molecule has 0 bridgehead atoms. The van der Waals surface area contributed by atoms with Crippen molar-refractivity contribution in [3.8, 4) is 5.75 Å². The van der Waals surface area contributed by atoms with E-state index in [2.05, 4.69) is 0 Å². The Balaban J connectivity index is 1.35. The molecule has 9 heteroatoms. The number of carbonyl (C=O) groups is 3. The van der Waals surface area contributed by atoms with Crippen molar-refractivity contribution in [1.82, 2.24) is 4.90 Å². The third-order valence-corrected chi connectivity index (χ3v) is 8.67. The number of carbonyl (C=O) groups excluding carboxylic acids is 3. The van der Waals surface area contributed by atoms with Gasteiger partial charge in [-0.15, -0.1) is 0 Å². The first kappa shape index (κ1) is 28.8. The number of rotatable bonds is 9. The highest BCUT2D eigenvalue weighted by molar-refractivity contribution is 6.07. The summed E-state index contributed by atoms with van der Waals surface area (Å²) in [6, 6.07) is 12.8. The van der Waals surface area contributed by atoms with Crippen LogP contribution in [0.1, 0.15) is 56.6 Å². The lowest BCUT2D eigenvalue weighted by Crippen LogP contribution is -2.44. The molecule has 0 aromatic heterocycles. The fourth-order valence-electron chi connectivity index (χ4n) is 6.24. The van der Waals surface area contributed by atoms with Gasteiger partial charge < -0.3 is 29.6 Å². The molecule has 0 aliphatic carbocycles. The monoisotopic (exact) mass is 561 g/mol. The minimum atomic E-state index is -1.84. The molecule has 41 heavy (non-hydrogen) atoms. The van der Waals surface area contributed by atoms with Gasteiger partial charge in [0.2, 0.25) is 11.8 Å². The van der Waals surface area contributed by atoms with Gasteiger partial charge in [0.25, 0.3) is 5.91 Å². The van der Waals surface area contributed by atoms with Gasteiger partial charge in [-0.05, 0) is 61.6 Å². The maximum absolute atomic E-state index is 13.9. The second kappa shape index (κ2) is 12.0. The lowest BCUT2D eigenvalue weighted by molar-refractivity contribution is -0.139. The number of fused-ring (bicyclic) bond motifs is 1. The van der Waals surface area contributed by atoms with Gasteiger partial charge in [-0.2, -0.15) is 0 Å². The fraction of sp³-hybridized carbons (Fsp3) is 0.469. The van der Waals surface area contributed by atoms with Gasteiger partial charge in [0.05, 0.1) is 32.0 Å². The number of hydrogen-bond donors (Lipinski definition) is 2. The zero-order chi connectivity index (χ0) is 29.1. The predicted molar refractivity (Wildman–Crippen MR) is 155 cm³/mol. The second-order valence-corrected chi connectivity index (χ2v) is 11.2. The lowest BCUT2D eigenvalue weighted by Gasteiger charge is -2.28. The van der Waals surface area contributed by atoms with Gasteiger partial charge in [0.1, 0.15) is 5.75 Å². The van der Waals surface area contributed by atoms with Crippen LogP contribution in [0.5, 0.6) is 5.75 Å². The topological polar surface area (TPSA) is 111 Å². The third kappa shape index (κ3) is 5.48. The molecular formula is C32H39N3O6. The van der Waals surface area contributed by atoms with E-state index >= 15 is 0 Å². The van der Waals surface area contributed by atoms with Crippen LogP contribution in [-0.2, 0) is 26.5 Å². The molecule has 2 aromatic rings. The normalized spacial score (nSPS) is 23.4. The van der Waals surface area contributed by atoms with Crippen molar-refractivity contribution in [2.75, 3.05) is 36.6 Å². The molecular weight excluding hydrogens is 522 g/mol. The number of anilines is 2. The van der Waals surface area contributed by atoms with E-state index in [4.69, 9.17) is 4.74 Å². The van der Waals surface area contributed by atoms with Crippen LogP contribution in [0.25, 0.3) is 0 Å². The van der Waals surface area contributed by atoms with Crippen LogP contribution in [0, 0.1) is 5.92 Å². The highest BCUT2D eigenvalue weighted by atomic mass is 16.5. The molecule has 2 fully saturated rings. The molecule has 3 amide bonds. The van der Waals surface area contributed by atoms with Crippen molar-refractivity contribution in [2.45, 2.75) is 63.6 Å². The molecule has 0 unspecified atom stereocenters. The summed E-state index contributed by atoms with van der Waals surface area (Å²) in [4.78, 5) is 44.1. The van der Waals surface area contributed by atoms with E-state index in [1.165, 1.54) is 7.11 Å². The molecule has 5 rings (SSSR count). The Morgan fingerprint density at radius 1 is 1.12 bits per heavy atom. The molecule has 3 heterocycles. The van der Waals surface area contributed by atoms with Crippen molar-refractivity contribution < 1.29 is 29.3 Å². The number of likely N-dealkylation sites (tertiary alicyclic amines) is 1. The number of ether oxygens (including phenoxy) is 1. The second-order valence-electron chi connectivity index (χ2n) is 11.2. The number of aliphatic hydroxyl groups is 2. The number of nitrogens with zero attached hydrogens (tertiary/aromatic N) is 3. The zero-order valence-electron chi connectivity index (χ0n) is 23.8. The molecule has 2 aromatic carbocycles. The van der Waals surface area contributed by atoms with Gasteiger partial charge in [-0.3, -0.25) is 14.4 Å². The number of piperidine rings is 1. The van der Waals surface area contributed by atoms with Gasteiger partial charge >= 0.3 is 0 Å². The number of methoxy groups -OCH3 is 1. The van der Waals surface area contributed by atoms with Gasteiger partial charge in [0.15, 0.2) is 5.60 Å². The van der Waals surface area contributed by atoms with E-state index in [1.807, 2.05) is 24.3 Å². The van der Waals surface area contributed by atoms with Crippen LogP contribution in [0.15, 0.2) is 54.6 Å². The lowest BCUT2D eigenvalue weighted by atomic mass is 9.83. The van der Waals surface area contributed by atoms with Gasteiger partial charge in [0, 0.05) is 43.1 Å². The number of aliphatic hydroxyl groups excluding tert-OH is 1. The smallest absolute Gasteiger partial charge is 0.264 e. The van der Waals surface area contributed by atoms with Crippen LogP contribution < -0.4 is 14.5 Å². The van der Waals surface area contributed by atoms with E-state index in [-0.39, 0.29) is 37.4 Å². The fourth-order valence-corrected chi connectivity index (χ4v) is 6.24. The molecule has 3 aliphatic heterocycles. The summed E-state index contributed by atoms with van der Waals surface area (Å²) in [6.45, 7) is 3.31. The minimum Gasteiger partial charge on any atom is -0.497 e. The van der Waals surface area contributed by atoms with Crippen molar-refractivity contribution >= 4 is 29.1 Å². The van der Waals surface area contributed by atoms with Crippen molar-refractivity contribution in [3.63, 3.8) is 0 Å². The maximum Gasteiger partial charge on any atom is 0.264 e. The first-order valence-electron chi connectivity index (χ1n) is 14.5. The zero-order valence-corrected chi connectivity index (χ0v) is 23.8. The average Bonchev–Trinajstić information content (AvgIpc) is 3.56. The standard InChI is InChI=1S/C32H39N3O6/c1-22(7-5-10-30(38)34-18-6-8-25(34)21-36)32(40)27-19-26(41-2)15-16-28(27)35(31(32)39)20-23-11-13-24(14-12-23)33-17-4-3-9-29(33)37/h5,7,11-16,19,22,25,36,40H,3-4,6,8-10,17-18,20-21H2,1-2H3/b7-5+/t22-,25-,32+/m0/s1. The Morgan fingerprint density at radius 3 is 2.61 bits per heavy atom. The Bertz CT molecular complexity index is 1330. The molecule has 3 atom stereocenters. The van der Waals surface area contributed by atoms with E-state index < -0.39 is 17.4 Å². The Labute approximate surface area is 241 Å². The van der Waals surface area contributed by atoms with Crippen LogP contribution >= 0.6 is 0 Å². The summed E-state index contributed by atoms with van der Waals surface area (Å²) in [5.74, 6) is -0.488. The summed E-state index contributed by atoms with van der Waals surface area (Å²) in [5.41, 5.74) is 0.939. The SMILES string of the molecule is COc1ccc2c(c1)[C@](O)([C@@H](C)/C=C/CC(=O)N1CCC[C@H]1CO)C(=O)N2Cc1ccc(N2CCCCC2=O)cc1. The highest BCUT2D eigenvalue weighted by Crippen LogP contribution is 2.47. The number of benzene rings is 2. The highest BCUT2D eigenvalue weighted by Gasteiger charge is 2.52. The van der Waals surface area contributed by atoms with Crippen LogP contribution in [-0.4, -0.2) is 65.7 Å². The number of amides is 3. The summed E-state index contributed by atoms with van der Waals surface area (Å²) >= 11 is 0. The maximum atomic E-state index is 13.9. The largest absolute Gasteiger partial charge is 0.497 e. The Hall–Kier alpha value is -3.69. The minimum absolute atomic E-state index is 0.0479. The van der Waals surface area contributed by atoms with Crippen LogP contribution in [0.2, 0.25) is 0 Å². The van der Waals surface area contributed by atoms with Crippen LogP contribution in [0.4, 0.5) is 11.4 Å². The van der Waals surface area contributed by atoms with E-state index in [9.17, 15) is 24.6 Å². The Morgan fingerprint density at radius 2 is 1.90 bits per heavy atom. The summed E-state index contributed by atoms with van der Waals surface area (Å²) in [6.07, 6.45) is 7.69. The summed E-state index contributed by atoms with van der Waals surface area (Å²) < 4.78 is 5.41. The Kier molecular flexibility index (Phi) is 8.47. The molecule has 0 spiro atoms. The first-order chi connectivity index (χ1) is 19.8. The molecule has 2 saturated heterocycles. The summed E-state index contributed by atoms with van der Waals surface area (Å²) in [5, 5.41) is 21.5. The van der Waals surface area contributed by atoms with Gasteiger partial charge in [-0.1, -0.05) is 31.2 Å². The molecule has 3 aliphatic rings. The van der Waals surface area contributed by atoms with E-state index in [1.54, 1.807) is 52.0 Å². The third-order valence-electron chi connectivity index (χ3n) is 8.67. The number of hydrogen-bond acceptors (Lipinski definition) is 6. The van der Waals surface area contributed by atoms with Crippen molar-refractivity contribution in [3.05, 3.63) is 65.7 Å². The molecule has 2 N–H and O–H groups in total. The predicted octanol–water partition coefficient (Wildman–Crippen LogP) is 3.51. The quantitative estimate of drug-likeness (QED) is 0.454. The molecule has 0 saturated carbocycles. The summed E-state index contributed by atoms with van der Waals surface area (Å²) in [7, 11) is 1.54. The molecule has 9 nitrogen and oxygen atoms in total. The van der Waals surface area contributed by atoms with E-state index in [0.717, 1.165) is 36.9 Å². The average molecular weight is 562 g/mol. The van der Waals surface area contributed by atoms with Crippen LogP contribution in [0.3, 0.4) is 0 Å².